The fraction of sp³-hybridized carbons (Fsp3) is 0.571. The Kier molecular flexibility index (Phi) is 4.14. The number of hydrogen-bond acceptors (Lipinski definition) is 2. The number of rotatable bonds is 4. The maximum Gasteiger partial charge on any atom is 0.139 e. The van der Waals surface area contributed by atoms with Crippen LogP contribution in [0, 0.1) is 11.8 Å². The smallest absolute Gasteiger partial charge is 0.139 e. The minimum Gasteiger partial charge on any atom is -0.488 e. The van der Waals surface area contributed by atoms with Crippen LogP contribution in [0.2, 0.25) is 15.1 Å². The van der Waals surface area contributed by atoms with Crippen molar-refractivity contribution >= 4 is 34.8 Å². The van der Waals surface area contributed by atoms with E-state index in [2.05, 4.69) is 5.32 Å². The summed E-state index contributed by atoms with van der Waals surface area (Å²) in [6, 6.07) is 3.38. The van der Waals surface area contributed by atoms with Gasteiger partial charge in [0.25, 0.3) is 0 Å². The van der Waals surface area contributed by atoms with Gasteiger partial charge in [0, 0.05) is 18.5 Å². The quantitative estimate of drug-likeness (QED) is 0.830. The molecule has 1 aliphatic heterocycles. The maximum atomic E-state index is 6.19. The number of halogens is 3. The molecule has 0 spiro atoms. The lowest BCUT2D eigenvalue weighted by molar-refractivity contribution is 0.121. The van der Waals surface area contributed by atoms with E-state index >= 15 is 0 Å². The van der Waals surface area contributed by atoms with Gasteiger partial charge in [-0.3, -0.25) is 0 Å². The van der Waals surface area contributed by atoms with Gasteiger partial charge in [-0.1, -0.05) is 34.8 Å². The van der Waals surface area contributed by atoms with Gasteiger partial charge in [-0.15, -0.1) is 0 Å². The van der Waals surface area contributed by atoms with Gasteiger partial charge in [0.05, 0.1) is 15.1 Å². The number of ether oxygens (including phenoxy) is 1. The average molecular weight is 321 g/mol. The first-order valence-electron chi connectivity index (χ1n) is 6.67. The van der Waals surface area contributed by atoms with Gasteiger partial charge in [-0.2, -0.15) is 0 Å². The molecule has 3 rings (SSSR count). The average Bonchev–Trinajstić information content (AvgIpc) is 3.07. The molecule has 0 bridgehead atoms. The molecule has 1 aromatic rings. The van der Waals surface area contributed by atoms with E-state index in [1.165, 1.54) is 19.3 Å². The SMILES string of the molecule is Clc1cc(Cl)c(O[C@@H](C2CC2)[C@H]2CCNC2)cc1Cl. The highest BCUT2D eigenvalue weighted by Crippen LogP contribution is 2.42. The van der Waals surface area contributed by atoms with Gasteiger partial charge in [0.2, 0.25) is 0 Å². The summed E-state index contributed by atoms with van der Waals surface area (Å²) in [6.45, 7) is 2.10. The molecule has 0 unspecified atom stereocenters. The van der Waals surface area contributed by atoms with Crippen molar-refractivity contribution in [3.05, 3.63) is 27.2 Å². The summed E-state index contributed by atoms with van der Waals surface area (Å²) in [5.41, 5.74) is 0. The first-order valence-corrected chi connectivity index (χ1v) is 7.80. The van der Waals surface area contributed by atoms with Crippen molar-refractivity contribution < 1.29 is 4.74 Å². The molecule has 1 heterocycles. The molecule has 104 valence electrons. The molecule has 2 fully saturated rings. The normalized spacial score (nSPS) is 24.5. The van der Waals surface area contributed by atoms with Crippen molar-refractivity contribution in [1.82, 2.24) is 5.32 Å². The lowest BCUT2D eigenvalue weighted by Gasteiger charge is -2.25. The minimum atomic E-state index is 0.241. The summed E-state index contributed by atoms with van der Waals surface area (Å²) in [6.07, 6.45) is 3.91. The summed E-state index contributed by atoms with van der Waals surface area (Å²) in [7, 11) is 0. The van der Waals surface area contributed by atoms with Crippen molar-refractivity contribution in [3.8, 4) is 5.75 Å². The molecule has 19 heavy (non-hydrogen) atoms. The van der Waals surface area contributed by atoms with Crippen molar-refractivity contribution in [2.45, 2.75) is 25.4 Å². The third-order valence-electron chi connectivity index (χ3n) is 3.89. The Bertz CT molecular complexity index is 470. The van der Waals surface area contributed by atoms with Crippen LogP contribution in [0.3, 0.4) is 0 Å². The predicted molar refractivity (Wildman–Crippen MR) is 79.6 cm³/mol. The van der Waals surface area contributed by atoms with Crippen LogP contribution in [0.1, 0.15) is 19.3 Å². The number of hydrogen-bond donors (Lipinski definition) is 1. The second-order valence-corrected chi connectivity index (χ2v) is 6.59. The van der Waals surface area contributed by atoms with Gasteiger partial charge >= 0.3 is 0 Å². The number of nitrogens with one attached hydrogen (secondary N) is 1. The monoisotopic (exact) mass is 319 g/mol. The first-order chi connectivity index (χ1) is 9.15. The molecule has 1 N–H and O–H groups in total. The van der Waals surface area contributed by atoms with E-state index in [-0.39, 0.29) is 6.10 Å². The highest BCUT2D eigenvalue weighted by Gasteiger charge is 2.39. The third kappa shape index (κ3) is 3.13. The topological polar surface area (TPSA) is 21.3 Å². The van der Waals surface area contributed by atoms with E-state index in [0.717, 1.165) is 13.1 Å². The largest absolute Gasteiger partial charge is 0.488 e. The minimum absolute atomic E-state index is 0.241. The summed E-state index contributed by atoms with van der Waals surface area (Å²) in [4.78, 5) is 0. The molecule has 0 amide bonds. The Morgan fingerprint density at radius 3 is 2.37 bits per heavy atom. The molecule has 2 aliphatic rings. The Morgan fingerprint density at radius 2 is 1.74 bits per heavy atom. The predicted octanol–water partition coefficient (Wildman–Crippen LogP) is 4.41. The zero-order valence-corrected chi connectivity index (χ0v) is 12.7. The standard InChI is InChI=1S/C14H16Cl3NO/c15-10-5-12(17)13(6-11(10)16)19-14(8-1-2-8)9-3-4-18-7-9/h5-6,8-9,14,18H,1-4,7H2/t9-,14-/m0/s1. The van der Waals surface area contributed by atoms with Crippen molar-refractivity contribution in [1.29, 1.82) is 0 Å². The van der Waals surface area contributed by atoms with Gasteiger partial charge < -0.3 is 10.1 Å². The van der Waals surface area contributed by atoms with Gasteiger partial charge in [-0.05, 0) is 37.8 Å². The van der Waals surface area contributed by atoms with Gasteiger partial charge in [-0.25, -0.2) is 0 Å². The Morgan fingerprint density at radius 1 is 1.00 bits per heavy atom. The van der Waals surface area contributed by atoms with Crippen LogP contribution in [0.15, 0.2) is 12.1 Å². The highest BCUT2D eigenvalue weighted by atomic mass is 35.5. The van der Waals surface area contributed by atoms with Gasteiger partial charge in [0.1, 0.15) is 11.9 Å². The lowest BCUT2D eigenvalue weighted by atomic mass is 9.97. The van der Waals surface area contributed by atoms with E-state index < -0.39 is 0 Å². The second-order valence-electron chi connectivity index (χ2n) is 5.37. The fourth-order valence-electron chi connectivity index (χ4n) is 2.70. The van der Waals surface area contributed by atoms with E-state index in [1.54, 1.807) is 12.1 Å². The Hall–Kier alpha value is -0.150. The molecule has 2 nitrogen and oxygen atoms in total. The van der Waals surface area contributed by atoms with Crippen molar-refractivity contribution in [2.75, 3.05) is 13.1 Å². The lowest BCUT2D eigenvalue weighted by Crippen LogP contribution is -2.30. The van der Waals surface area contributed by atoms with E-state index in [9.17, 15) is 0 Å². The summed E-state index contributed by atoms with van der Waals surface area (Å²) >= 11 is 18.2. The van der Waals surface area contributed by atoms with Crippen LogP contribution in [-0.4, -0.2) is 19.2 Å². The second kappa shape index (κ2) is 5.69. The third-order valence-corrected chi connectivity index (χ3v) is 4.91. The van der Waals surface area contributed by atoms with Crippen molar-refractivity contribution in [2.24, 2.45) is 11.8 Å². The molecule has 5 heteroatoms. The van der Waals surface area contributed by atoms with Crippen LogP contribution in [0.4, 0.5) is 0 Å². The van der Waals surface area contributed by atoms with Crippen LogP contribution in [-0.2, 0) is 0 Å². The van der Waals surface area contributed by atoms with Crippen molar-refractivity contribution in [3.63, 3.8) is 0 Å². The number of benzene rings is 1. The fourth-order valence-corrected chi connectivity index (χ4v) is 3.28. The molecule has 1 aliphatic carbocycles. The Labute approximate surface area is 128 Å². The van der Waals surface area contributed by atoms with E-state index in [1.807, 2.05) is 0 Å². The van der Waals surface area contributed by atoms with Crippen LogP contribution >= 0.6 is 34.8 Å². The van der Waals surface area contributed by atoms with Crippen LogP contribution < -0.4 is 10.1 Å². The zero-order chi connectivity index (χ0) is 13.4. The van der Waals surface area contributed by atoms with E-state index in [4.69, 9.17) is 39.5 Å². The molecule has 2 atom stereocenters. The maximum absolute atomic E-state index is 6.19. The molecule has 0 aromatic heterocycles. The van der Waals surface area contributed by atoms with Crippen LogP contribution in [0.5, 0.6) is 5.75 Å². The molecule has 1 aromatic carbocycles. The summed E-state index contributed by atoms with van der Waals surface area (Å²) < 4.78 is 6.17. The molecule has 1 saturated carbocycles. The molecular formula is C14H16Cl3NO. The highest BCUT2D eigenvalue weighted by molar-refractivity contribution is 6.43. The van der Waals surface area contributed by atoms with Crippen LogP contribution in [0.25, 0.3) is 0 Å². The van der Waals surface area contributed by atoms with E-state index in [0.29, 0.717) is 32.7 Å². The Balaban J connectivity index is 1.79. The molecule has 0 radical (unpaired) electrons. The summed E-state index contributed by atoms with van der Waals surface area (Å²) in [5, 5.41) is 4.88. The molecule has 1 saturated heterocycles. The zero-order valence-electron chi connectivity index (χ0n) is 10.5. The molecular weight excluding hydrogens is 305 g/mol. The first kappa shape index (κ1) is 13.8. The summed E-state index contributed by atoms with van der Waals surface area (Å²) in [5.74, 6) is 1.88. The van der Waals surface area contributed by atoms with Gasteiger partial charge in [0.15, 0.2) is 0 Å².